The molecule has 0 aliphatic rings. The molecule has 5 aromatic carbocycles. The summed E-state index contributed by atoms with van der Waals surface area (Å²) < 4.78 is 32.0. The molecule has 0 bridgehead atoms. The number of para-hydroxylation sites is 1. The second-order valence-corrected chi connectivity index (χ2v) is 13.5. The molecule has 0 spiro atoms. The number of hydrogen-bond acceptors (Lipinski definition) is 5. The van der Waals surface area contributed by atoms with Gasteiger partial charge in [0.15, 0.2) is 0 Å². The van der Waals surface area contributed by atoms with Crippen molar-refractivity contribution in [2.45, 2.75) is 11.8 Å². The molecular formula is C34H30I2N2O3S2. The van der Waals surface area contributed by atoms with Gasteiger partial charge in [0.25, 0.3) is 10.1 Å². The second kappa shape index (κ2) is 14.3. The number of thiazole rings is 1. The van der Waals surface area contributed by atoms with Crippen LogP contribution < -0.4 is 4.90 Å². The van der Waals surface area contributed by atoms with Crippen LogP contribution in [0.5, 0.6) is 0 Å². The summed E-state index contributed by atoms with van der Waals surface area (Å²) in [6.07, 6.45) is 0. The van der Waals surface area contributed by atoms with Gasteiger partial charge in [-0.3, -0.25) is 4.55 Å². The molecule has 0 fully saturated rings. The third-order valence-electron chi connectivity index (χ3n) is 6.74. The molecule has 0 amide bonds. The van der Waals surface area contributed by atoms with Crippen LogP contribution in [0.3, 0.4) is 0 Å². The van der Waals surface area contributed by atoms with Crippen molar-refractivity contribution in [3.8, 4) is 32.8 Å². The van der Waals surface area contributed by atoms with Gasteiger partial charge in [-0.25, -0.2) is 4.98 Å². The van der Waals surface area contributed by atoms with E-state index in [1.54, 1.807) is 23.5 Å². The summed E-state index contributed by atoms with van der Waals surface area (Å²) in [5, 5.41) is 1.06. The lowest BCUT2D eigenvalue weighted by molar-refractivity contribution is 0.483. The van der Waals surface area contributed by atoms with E-state index in [1.165, 1.54) is 48.3 Å². The minimum Gasteiger partial charge on any atom is -0.378 e. The Morgan fingerprint density at radius 2 is 1.37 bits per heavy atom. The lowest BCUT2D eigenvalue weighted by Gasteiger charge is -2.16. The Morgan fingerprint density at radius 3 is 2.00 bits per heavy atom. The summed E-state index contributed by atoms with van der Waals surface area (Å²) in [6.45, 7) is 1.84. The largest absolute Gasteiger partial charge is 0.378 e. The van der Waals surface area contributed by atoms with E-state index >= 15 is 0 Å². The average molecular weight is 833 g/mol. The number of rotatable bonds is 5. The summed E-state index contributed by atoms with van der Waals surface area (Å²) in [7, 11) is 0.118. The lowest BCUT2D eigenvalue weighted by Crippen LogP contribution is -2.07. The van der Waals surface area contributed by atoms with Crippen molar-refractivity contribution >= 4 is 83.9 Å². The first-order valence-corrected chi connectivity index (χ1v) is 16.5. The number of aryl methyl sites for hydroxylation is 1. The smallest absolute Gasteiger partial charge is 0.294 e. The van der Waals surface area contributed by atoms with E-state index in [2.05, 4.69) is 127 Å². The molecule has 220 valence electrons. The van der Waals surface area contributed by atoms with Crippen LogP contribution in [0, 0.1) is 10.5 Å². The number of benzene rings is 5. The van der Waals surface area contributed by atoms with Crippen molar-refractivity contribution in [3.05, 3.63) is 124 Å². The van der Waals surface area contributed by atoms with Crippen LogP contribution in [-0.4, -0.2) is 32.0 Å². The number of nitrogens with zero attached hydrogens (tertiary/aromatic N) is 2. The fourth-order valence-electron chi connectivity index (χ4n) is 4.54. The Morgan fingerprint density at radius 1 is 0.744 bits per heavy atom. The van der Waals surface area contributed by atoms with E-state index in [0.29, 0.717) is 0 Å². The van der Waals surface area contributed by atoms with E-state index in [-0.39, 0.29) is 28.9 Å². The predicted octanol–water partition coefficient (Wildman–Crippen LogP) is 9.83. The van der Waals surface area contributed by atoms with Crippen molar-refractivity contribution in [1.82, 2.24) is 4.98 Å². The molecule has 0 saturated heterocycles. The Balaban J connectivity index is 0.000000300. The van der Waals surface area contributed by atoms with Crippen LogP contribution in [0.1, 0.15) is 5.56 Å². The first kappa shape index (κ1) is 33.1. The molecule has 6 aromatic rings. The van der Waals surface area contributed by atoms with Crippen LogP contribution in [0.25, 0.3) is 43.0 Å². The maximum atomic E-state index is 10.5. The molecule has 1 N–H and O–H groups in total. The highest BCUT2D eigenvalue weighted by atomic mass is 127. The first-order chi connectivity index (χ1) is 20.1. The highest BCUT2D eigenvalue weighted by Gasteiger charge is 2.17. The summed E-state index contributed by atoms with van der Waals surface area (Å²) in [5.74, 6) is 0. The zero-order valence-electron chi connectivity index (χ0n) is 23.7. The highest BCUT2D eigenvalue weighted by molar-refractivity contribution is 14.1. The zero-order chi connectivity index (χ0) is 29.9. The van der Waals surface area contributed by atoms with E-state index in [4.69, 9.17) is 9.54 Å². The maximum absolute atomic E-state index is 10.5. The second-order valence-electron chi connectivity index (χ2n) is 9.93. The number of aromatic nitrogens is 1. The van der Waals surface area contributed by atoms with E-state index in [9.17, 15) is 8.42 Å². The molecule has 0 radical (unpaired) electrons. The molecule has 0 saturated carbocycles. The maximum Gasteiger partial charge on any atom is 0.294 e. The van der Waals surface area contributed by atoms with Crippen molar-refractivity contribution in [1.29, 1.82) is 0 Å². The van der Waals surface area contributed by atoms with E-state index < -0.39 is 10.1 Å². The third-order valence-corrected chi connectivity index (χ3v) is 9.57. The van der Waals surface area contributed by atoms with Crippen molar-refractivity contribution in [2.24, 2.45) is 0 Å². The Labute approximate surface area is 287 Å². The van der Waals surface area contributed by atoms with Gasteiger partial charge in [-0.15, -0.1) is 35.3 Å². The van der Waals surface area contributed by atoms with Crippen LogP contribution in [0.15, 0.2) is 120 Å². The standard InChI is InChI=1S/C27H21IN2S.C7H8O3S.HI/c1-30(2)20-16-14-18(15-17-20)21-10-6-12-23(28)25(21)22-11-7-13-24-26(22)29-27(31-24)19-8-4-3-5-9-19;1-6-2-4-7(5-3-6)11(8,9)10;/h3-17H,1-2H3;2-5H,1H3,(H,8,9,10);1H. The normalized spacial score (nSPS) is 10.9. The quantitative estimate of drug-likeness (QED) is 0.139. The summed E-state index contributed by atoms with van der Waals surface area (Å²) in [6, 6.07) is 38.2. The first-order valence-electron chi connectivity index (χ1n) is 13.2. The number of halogens is 2. The van der Waals surface area contributed by atoms with Crippen LogP contribution >= 0.6 is 57.9 Å². The molecule has 1 aromatic heterocycles. The molecule has 0 aliphatic heterocycles. The molecule has 0 unspecified atom stereocenters. The molecule has 9 heteroatoms. The zero-order valence-corrected chi connectivity index (χ0v) is 29.9. The van der Waals surface area contributed by atoms with Crippen LogP contribution in [0.2, 0.25) is 0 Å². The Hall–Kier alpha value is -2.84. The van der Waals surface area contributed by atoms with Gasteiger partial charge in [0.2, 0.25) is 0 Å². The van der Waals surface area contributed by atoms with Crippen LogP contribution in [-0.2, 0) is 10.1 Å². The van der Waals surface area contributed by atoms with Crippen molar-refractivity contribution in [3.63, 3.8) is 0 Å². The molecule has 5 nitrogen and oxygen atoms in total. The summed E-state index contributed by atoms with van der Waals surface area (Å²) >= 11 is 4.20. The topological polar surface area (TPSA) is 70.5 Å². The Bertz CT molecular complexity index is 1940. The van der Waals surface area contributed by atoms with Gasteiger partial charge in [0.05, 0.1) is 15.1 Å². The van der Waals surface area contributed by atoms with E-state index in [0.717, 1.165) is 21.7 Å². The highest BCUT2D eigenvalue weighted by Crippen LogP contribution is 2.41. The minimum absolute atomic E-state index is 0. The van der Waals surface area contributed by atoms with Gasteiger partial charge in [-0.2, -0.15) is 8.42 Å². The number of hydrogen-bond donors (Lipinski definition) is 1. The Kier molecular flexibility index (Phi) is 11.0. The summed E-state index contributed by atoms with van der Waals surface area (Å²) in [5.41, 5.74) is 9.28. The fraction of sp³-hybridized carbons (Fsp3) is 0.0882. The average Bonchev–Trinajstić information content (AvgIpc) is 3.43. The number of anilines is 1. The monoisotopic (exact) mass is 832 g/mol. The molecule has 6 rings (SSSR count). The molecular weight excluding hydrogens is 802 g/mol. The van der Waals surface area contributed by atoms with E-state index in [1.807, 2.05) is 13.0 Å². The lowest BCUT2D eigenvalue weighted by atomic mass is 9.94. The molecule has 0 aliphatic carbocycles. The van der Waals surface area contributed by atoms with Gasteiger partial charge in [-0.05, 0) is 77.0 Å². The molecule has 1 heterocycles. The van der Waals surface area contributed by atoms with Crippen LogP contribution in [0.4, 0.5) is 5.69 Å². The molecule has 43 heavy (non-hydrogen) atoms. The summed E-state index contributed by atoms with van der Waals surface area (Å²) in [4.78, 5) is 7.14. The third kappa shape index (κ3) is 7.82. The van der Waals surface area contributed by atoms with Gasteiger partial charge in [0, 0.05) is 40.0 Å². The van der Waals surface area contributed by atoms with Gasteiger partial charge in [0.1, 0.15) is 5.01 Å². The van der Waals surface area contributed by atoms with Gasteiger partial charge in [-0.1, -0.05) is 84.4 Å². The molecule has 0 atom stereocenters. The van der Waals surface area contributed by atoms with Gasteiger partial charge < -0.3 is 4.90 Å². The van der Waals surface area contributed by atoms with Gasteiger partial charge >= 0.3 is 0 Å². The predicted molar refractivity (Wildman–Crippen MR) is 199 cm³/mol. The SMILES string of the molecule is CN(C)c1ccc(-c2cccc(I)c2-c2cccc3sc(-c4ccccc4)nc23)cc1.Cc1ccc(S(=O)(=O)O)cc1.I. The van der Waals surface area contributed by atoms with Crippen molar-refractivity contribution in [2.75, 3.05) is 19.0 Å². The van der Waals surface area contributed by atoms with Crippen molar-refractivity contribution < 1.29 is 13.0 Å². The minimum atomic E-state index is -4.02. The number of fused-ring (bicyclic) bond motifs is 1. The fourth-order valence-corrected chi connectivity index (χ4v) is 6.81.